The van der Waals surface area contributed by atoms with Gasteiger partial charge in [-0.1, -0.05) is 36.4 Å². The fraction of sp³-hybridized carbons (Fsp3) is 0.250. The monoisotopic (exact) mass is 614 g/mol. The van der Waals surface area contributed by atoms with E-state index in [9.17, 15) is 35.9 Å². The predicted octanol–water partition coefficient (Wildman–Crippen LogP) is 7.01. The number of benzene rings is 3. The minimum Gasteiger partial charge on any atom is -0.361 e. The molecule has 5 rings (SSSR count). The van der Waals surface area contributed by atoms with E-state index in [2.05, 4.69) is 15.3 Å². The molecule has 3 aromatic carbocycles. The SMILES string of the molecule is CN(Cc1cc(C(F)(F)F)cc(C(F)(F)F)c1)C(=O)C(Cc1c[nH]c2ccccc12)NC(=O)CCc1c[nH]c2ccccc12. The summed E-state index contributed by atoms with van der Waals surface area (Å²) in [5.74, 6) is -1.10. The number of para-hydroxylation sites is 2. The number of hydrogen-bond acceptors (Lipinski definition) is 2. The molecule has 12 heteroatoms. The number of amides is 2. The summed E-state index contributed by atoms with van der Waals surface area (Å²) < 4.78 is 80.4. The minimum atomic E-state index is -5.02. The Kier molecular flexibility index (Phi) is 8.44. The first kappa shape index (κ1) is 30.7. The van der Waals surface area contributed by atoms with Gasteiger partial charge in [-0.25, -0.2) is 0 Å². The van der Waals surface area contributed by atoms with Crippen molar-refractivity contribution in [3.63, 3.8) is 0 Å². The molecule has 0 spiro atoms. The van der Waals surface area contributed by atoms with Crippen LogP contribution in [0.25, 0.3) is 21.8 Å². The Bertz CT molecular complexity index is 1770. The average Bonchev–Trinajstić information content (AvgIpc) is 3.58. The van der Waals surface area contributed by atoms with Crippen LogP contribution in [-0.4, -0.2) is 39.8 Å². The van der Waals surface area contributed by atoms with Gasteiger partial charge in [0.1, 0.15) is 6.04 Å². The Morgan fingerprint density at radius 3 is 1.89 bits per heavy atom. The lowest BCUT2D eigenvalue weighted by Gasteiger charge is -2.25. The van der Waals surface area contributed by atoms with E-state index in [4.69, 9.17) is 0 Å². The lowest BCUT2D eigenvalue weighted by molar-refractivity contribution is -0.143. The quantitative estimate of drug-likeness (QED) is 0.156. The summed E-state index contributed by atoms with van der Waals surface area (Å²) in [5, 5.41) is 4.53. The Labute approximate surface area is 248 Å². The number of likely N-dealkylation sites (N-methyl/N-ethyl adjacent to an activating group) is 1. The van der Waals surface area contributed by atoms with Crippen LogP contribution in [0.3, 0.4) is 0 Å². The van der Waals surface area contributed by atoms with E-state index in [0.29, 0.717) is 24.1 Å². The van der Waals surface area contributed by atoms with Crippen LogP contribution in [0.2, 0.25) is 0 Å². The summed E-state index contributed by atoms with van der Waals surface area (Å²) in [6.45, 7) is -0.540. The van der Waals surface area contributed by atoms with E-state index in [-0.39, 0.29) is 24.5 Å². The second kappa shape index (κ2) is 12.1. The van der Waals surface area contributed by atoms with Crippen molar-refractivity contribution >= 4 is 33.6 Å². The molecule has 1 atom stereocenters. The van der Waals surface area contributed by atoms with Crippen molar-refractivity contribution in [1.29, 1.82) is 0 Å². The summed E-state index contributed by atoms with van der Waals surface area (Å²) in [4.78, 5) is 34.1. The third-order valence-electron chi connectivity index (χ3n) is 7.47. The number of H-pyrrole nitrogens is 2. The number of carbonyl (C=O) groups is 2. The van der Waals surface area contributed by atoms with Crippen molar-refractivity contribution in [2.45, 2.75) is 44.2 Å². The lowest BCUT2D eigenvalue weighted by atomic mass is 10.0. The van der Waals surface area contributed by atoms with E-state index in [0.717, 1.165) is 32.3 Å². The van der Waals surface area contributed by atoms with Gasteiger partial charge in [0.25, 0.3) is 0 Å². The second-order valence-electron chi connectivity index (χ2n) is 10.7. The van der Waals surface area contributed by atoms with E-state index in [1.165, 1.54) is 7.05 Å². The molecule has 44 heavy (non-hydrogen) atoms. The Morgan fingerprint density at radius 2 is 1.32 bits per heavy atom. The largest absolute Gasteiger partial charge is 0.416 e. The summed E-state index contributed by atoms with van der Waals surface area (Å²) >= 11 is 0. The number of nitrogens with zero attached hydrogens (tertiary/aromatic N) is 1. The smallest absolute Gasteiger partial charge is 0.361 e. The highest BCUT2D eigenvalue weighted by Crippen LogP contribution is 2.36. The molecule has 0 bridgehead atoms. The summed E-state index contributed by atoms with van der Waals surface area (Å²) in [6, 6.07) is 15.0. The van der Waals surface area contributed by atoms with Gasteiger partial charge in [-0.15, -0.1) is 0 Å². The number of fused-ring (bicyclic) bond motifs is 2. The number of nitrogens with one attached hydrogen (secondary N) is 3. The third-order valence-corrected chi connectivity index (χ3v) is 7.47. The van der Waals surface area contributed by atoms with Gasteiger partial charge in [-0.3, -0.25) is 9.59 Å². The normalized spacial score (nSPS) is 12.9. The molecule has 0 radical (unpaired) electrons. The van der Waals surface area contributed by atoms with Gasteiger partial charge < -0.3 is 20.2 Å². The van der Waals surface area contributed by atoms with Gasteiger partial charge in [0.05, 0.1) is 11.1 Å². The Balaban J connectivity index is 1.37. The van der Waals surface area contributed by atoms with Crippen LogP contribution in [0, 0.1) is 0 Å². The van der Waals surface area contributed by atoms with Crippen LogP contribution in [0.4, 0.5) is 26.3 Å². The van der Waals surface area contributed by atoms with Crippen molar-refractivity contribution < 1.29 is 35.9 Å². The third kappa shape index (κ3) is 6.90. The van der Waals surface area contributed by atoms with Crippen LogP contribution < -0.4 is 5.32 Å². The van der Waals surface area contributed by atoms with Gasteiger partial charge in [-0.05, 0) is 53.4 Å². The van der Waals surface area contributed by atoms with Crippen LogP contribution >= 0.6 is 0 Å². The number of alkyl halides is 6. The predicted molar refractivity (Wildman–Crippen MR) is 153 cm³/mol. The first-order chi connectivity index (χ1) is 20.8. The van der Waals surface area contributed by atoms with Gasteiger partial charge in [0.15, 0.2) is 0 Å². The molecule has 0 fully saturated rings. The van der Waals surface area contributed by atoms with Crippen molar-refractivity contribution in [3.05, 3.63) is 107 Å². The van der Waals surface area contributed by atoms with Gasteiger partial charge in [0.2, 0.25) is 11.8 Å². The Hall–Kier alpha value is -4.74. The highest BCUT2D eigenvalue weighted by Gasteiger charge is 2.37. The molecule has 0 aliphatic carbocycles. The fourth-order valence-corrected chi connectivity index (χ4v) is 5.30. The highest BCUT2D eigenvalue weighted by molar-refractivity contribution is 5.90. The molecular formula is C32H28F6N4O2. The lowest BCUT2D eigenvalue weighted by Crippen LogP contribution is -2.48. The van der Waals surface area contributed by atoms with Crippen molar-refractivity contribution in [3.8, 4) is 0 Å². The second-order valence-corrected chi connectivity index (χ2v) is 10.7. The molecule has 0 aliphatic rings. The minimum absolute atomic E-state index is 0.0407. The standard InChI is InChI=1S/C32H28F6N4O2/c1-42(18-19-12-22(31(33,34)35)15-23(13-19)32(36,37)38)30(44)28(14-21-17-40-27-9-5-3-7-25(21)27)41-29(43)11-10-20-16-39-26-8-4-2-6-24(20)26/h2-9,12-13,15-17,28,39-40H,10-11,14,18H2,1H3,(H,41,43). The van der Waals surface area contributed by atoms with E-state index in [1.54, 1.807) is 6.20 Å². The van der Waals surface area contributed by atoms with Crippen LogP contribution in [0.1, 0.15) is 34.2 Å². The zero-order valence-corrected chi connectivity index (χ0v) is 23.4. The number of aromatic amines is 2. The maximum Gasteiger partial charge on any atom is 0.416 e. The van der Waals surface area contributed by atoms with Crippen molar-refractivity contribution in [2.75, 3.05) is 7.05 Å². The molecule has 6 nitrogen and oxygen atoms in total. The van der Waals surface area contributed by atoms with E-state index >= 15 is 0 Å². The molecule has 3 N–H and O–H groups in total. The number of carbonyl (C=O) groups excluding carboxylic acids is 2. The number of aromatic nitrogens is 2. The van der Waals surface area contributed by atoms with E-state index in [1.807, 2.05) is 54.7 Å². The van der Waals surface area contributed by atoms with Crippen molar-refractivity contribution in [1.82, 2.24) is 20.2 Å². The highest BCUT2D eigenvalue weighted by atomic mass is 19.4. The first-order valence-corrected chi connectivity index (χ1v) is 13.7. The Morgan fingerprint density at radius 1 is 0.795 bits per heavy atom. The molecular weight excluding hydrogens is 586 g/mol. The zero-order chi connectivity index (χ0) is 31.6. The molecule has 2 aromatic heterocycles. The summed E-state index contributed by atoms with van der Waals surface area (Å²) in [6.07, 6.45) is -6.06. The number of aryl methyl sites for hydroxylation is 1. The number of hydrogen-bond donors (Lipinski definition) is 3. The van der Waals surface area contributed by atoms with Crippen LogP contribution in [0.5, 0.6) is 0 Å². The molecule has 230 valence electrons. The molecule has 2 amide bonds. The zero-order valence-electron chi connectivity index (χ0n) is 23.4. The topological polar surface area (TPSA) is 81.0 Å². The van der Waals surface area contributed by atoms with Gasteiger partial charge >= 0.3 is 12.4 Å². The number of rotatable bonds is 9. The maximum absolute atomic E-state index is 13.7. The first-order valence-electron chi connectivity index (χ1n) is 13.7. The fourth-order valence-electron chi connectivity index (χ4n) is 5.30. The molecule has 1 unspecified atom stereocenters. The molecule has 2 heterocycles. The molecule has 0 saturated heterocycles. The molecule has 0 aliphatic heterocycles. The number of halogens is 6. The van der Waals surface area contributed by atoms with Gasteiger partial charge in [-0.2, -0.15) is 26.3 Å². The van der Waals surface area contributed by atoms with Crippen molar-refractivity contribution in [2.24, 2.45) is 0 Å². The van der Waals surface area contributed by atoms with E-state index < -0.39 is 47.9 Å². The van der Waals surface area contributed by atoms with Gasteiger partial charge in [0, 0.05) is 60.6 Å². The van der Waals surface area contributed by atoms with Crippen LogP contribution in [-0.2, 0) is 41.3 Å². The molecule has 0 saturated carbocycles. The average molecular weight is 615 g/mol. The summed E-state index contributed by atoms with van der Waals surface area (Å²) in [7, 11) is 1.27. The van der Waals surface area contributed by atoms with Crippen LogP contribution in [0.15, 0.2) is 79.1 Å². The maximum atomic E-state index is 13.7. The summed E-state index contributed by atoms with van der Waals surface area (Å²) in [5.41, 5.74) is 0.0596. The molecule has 5 aromatic rings.